The first kappa shape index (κ1) is 23.4. The number of esters is 2. The lowest BCUT2D eigenvalue weighted by molar-refractivity contribution is -0.119. The van der Waals surface area contributed by atoms with Crippen LogP contribution < -0.4 is 5.32 Å². The molecule has 0 radical (unpaired) electrons. The molecule has 0 unspecified atom stereocenters. The molecule has 3 rings (SSSR count). The summed E-state index contributed by atoms with van der Waals surface area (Å²) in [5, 5.41) is 7.33. The van der Waals surface area contributed by atoms with Gasteiger partial charge in [-0.25, -0.2) is 19.3 Å². The van der Waals surface area contributed by atoms with Crippen LogP contribution in [0.3, 0.4) is 0 Å². The van der Waals surface area contributed by atoms with Gasteiger partial charge in [-0.1, -0.05) is 11.6 Å². The molecule has 0 atom stereocenters. The molecule has 0 saturated heterocycles. The van der Waals surface area contributed by atoms with Crippen molar-refractivity contribution in [3.8, 4) is 5.82 Å². The Kier molecular flexibility index (Phi) is 6.95. The van der Waals surface area contributed by atoms with Gasteiger partial charge in [0, 0.05) is 10.6 Å². The van der Waals surface area contributed by atoms with Crippen molar-refractivity contribution in [2.45, 2.75) is 27.7 Å². The molecule has 3 aromatic rings. The summed E-state index contributed by atoms with van der Waals surface area (Å²) in [5.41, 5.74) is 2.48. The third-order valence-electron chi connectivity index (χ3n) is 4.61. The fourth-order valence-corrected chi connectivity index (χ4v) is 4.23. The van der Waals surface area contributed by atoms with E-state index in [-0.39, 0.29) is 16.3 Å². The summed E-state index contributed by atoms with van der Waals surface area (Å²) < 4.78 is 11.4. The highest BCUT2D eigenvalue weighted by atomic mass is 35.5. The monoisotopic (exact) mass is 476 g/mol. The zero-order valence-corrected chi connectivity index (χ0v) is 19.7. The topological polar surface area (TPSA) is 112 Å². The normalized spacial score (nSPS) is 10.7. The number of nitrogens with zero attached hydrogens (tertiary/aromatic N) is 3. The van der Waals surface area contributed by atoms with E-state index in [2.05, 4.69) is 15.4 Å². The number of carbonyl (C=O) groups is 3. The van der Waals surface area contributed by atoms with Crippen LogP contribution in [0.15, 0.2) is 18.2 Å². The van der Waals surface area contributed by atoms with Crippen LogP contribution in [0, 0.1) is 27.7 Å². The quantitative estimate of drug-likeness (QED) is 0.538. The van der Waals surface area contributed by atoms with Crippen molar-refractivity contribution < 1.29 is 23.9 Å². The molecule has 1 amide bonds. The van der Waals surface area contributed by atoms with Crippen LogP contribution in [0.2, 0.25) is 5.02 Å². The summed E-state index contributed by atoms with van der Waals surface area (Å²) in [6.07, 6.45) is 0. The van der Waals surface area contributed by atoms with Gasteiger partial charge in [0.15, 0.2) is 18.1 Å². The highest BCUT2D eigenvalue weighted by Gasteiger charge is 2.23. The first-order valence-electron chi connectivity index (χ1n) is 9.47. The Morgan fingerprint density at radius 2 is 1.88 bits per heavy atom. The molecule has 168 valence electrons. The smallest absolute Gasteiger partial charge is 0.359 e. The lowest BCUT2D eigenvalue weighted by Gasteiger charge is -2.09. The molecule has 9 nitrogen and oxygen atoms in total. The van der Waals surface area contributed by atoms with Crippen molar-refractivity contribution in [1.82, 2.24) is 14.8 Å². The summed E-state index contributed by atoms with van der Waals surface area (Å²) in [7, 11) is 1.26. The van der Waals surface area contributed by atoms with Crippen molar-refractivity contribution >= 4 is 45.8 Å². The molecule has 0 fully saturated rings. The molecule has 0 aliphatic rings. The number of hydrogen-bond acceptors (Lipinski definition) is 8. The van der Waals surface area contributed by atoms with E-state index in [4.69, 9.17) is 21.1 Å². The maximum Gasteiger partial charge on any atom is 0.359 e. The van der Waals surface area contributed by atoms with Gasteiger partial charge >= 0.3 is 11.9 Å². The van der Waals surface area contributed by atoms with Gasteiger partial charge < -0.3 is 14.8 Å². The van der Waals surface area contributed by atoms with E-state index in [1.807, 2.05) is 26.8 Å². The number of aryl methyl sites for hydroxylation is 3. The second-order valence-electron chi connectivity index (χ2n) is 6.94. The molecule has 1 N–H and O–H groups in total. The standard InChI is InChI=1S/C21H21ClN4O5S/c1-10-8-11(2)26(25-10)15-7-6-14(22)18(23-15)21(29)31-9-16(27)24-19-17(20(28)30-5)12(3)13(4)32-19/h6-8H,9H2,1-5H3,(H,24,27). The van der Waals surface area contributed by atoms with Gasteiger partial charge in [0.25, 0.3) is 5.91 Å². The van der Waals surface area contributed by atoms with Crippen molar-refractivity contribution in [3.63, 3.8) is 0 Å². The van der Waals surface area contributed by atoms with Crippen molar-refractivity contribution in [1.29, 1.82) is 0 Å². The number of nitrogens with one attached hydrogen (secondary N) is 1. The highest BCUT2D eigenvalue weighted by molar-refractivity contribution is 7.16. The van der Waals surface area contributed by atoms with E-state index in [0.29, 0.717) is 16.4 Å². The van der Waals surface area contributed by atoms with Crippen LogP contribution in [-0.2, 0) is 14.3 Å². The molecular weight excluding hydrogens is 456 g/mol. The van der Waals surface area contributed by atoms with E-state index in [1.54, 1.807) is 17.7 Å². The Morgan fingerprint density at radius 3 is 2.50 bits per heavy atom. The number of carbonyl (C=O) groups excluding carboxylic acids is 3. The molecule has 0 saturated carbocycles. The van der Waals surface area contributed by atoms with Gasteiger partial charge in [-0.3, -0.25) is 4.79 Å². The lowest BCUT2D eigenvalue weighted by Crippen LogP contribution is -2.22. The minimum absolute atomic E-state index is 0.0816. The lowest BCUT2D eigenvalue weighted by atomic mass is 10.1. The van der Waals surface area contributed by atoms with Crippen LogP contribution in [0.25, 0.3) is 5.82 Å². The molecule has 11 heteroatoms. The van der Waals surface area contributed by atoms with Crippen molar-refractivity contribution in [2.75, 3.05) is 19.0 Å². The first-order chi connectivity index (χ1) is 15.1. The predicted molar refractivity (Wildman–Crippen MR) is 120 cm³/mol. The molecule has 3 heterocycles. The summed E-state index contributed by atoms with van der Waals surface area (Å²) in [6.45, 7) is 6.70. The van der Waals surface area contributed by atoms with Crippen molar-refractivity contribution in [2.24, 2.45) is 0 Å². The minimum atomic E-state index is -0.861. The zero-order valence-electron chi connectivity index (χ0n) is 18.1. The third kappa shape index (κ3) is 4.81. The van der Waals surface area contributed by atoms with Gasteiger partial charge in [0.2, 0.25) is 0 Å². The maximum absolute atomic E-state index is 12.5. The largest absolute Gasteiger partial charge is 0.465 e. The number of methoxy groups -OCH3 is 1. The Bertz CT molecular complexity index is 1220. The predicted octanol–water partition coefficient (Wildman–Crippen LogP) is 3.80. The molecule has 0 bridgehead atoms. The fraction of sp³-hybridized carbons (Fsp3) is 0.286. The molecule has 32 heavy (non-hydrogen) atoms. The molecule has 0 aliphatic carbocycles. The third-order valence-corrected chi connectivity index (χ3v) is 6.04. The minimum Gasteiger partial charge on any atom is -0.465 e. The van der Waals surface area contributed by atoms with Crippen LogP contribution in [-0.4, -0.2) is 46.3 Å². The van der Waals surface area contributed by atoms with E-state index < -0.39 is 24.5 Å². The van der Waals surface area contributed by atoms with Gasteiger partial charge in [0.05, 0.1) is 23.4 Å². The summed E-state index contributed by atoms with van der Waals surface area (Å²) in [4.78, 5) is 42.0. The van der Waals surface area contributed by atoms with Crippen LogP contribution in [0.4, 0.5) is 5.00 Å². The number of aromatic nitrogens is 3. The average molecular weight is 477 g/mol. The fourth-order valence-electron chi connectivity index (χ4n) is 2.98. The molecular formula is C21H21ClN4O5S. The molecule has 0 aliphatic heterocycles. The maximum atomic E-state index is 12.5. The number of thiophene rings is 1. The number of anilines is 1. The number of amides is 1. The average Bonchev–Trinajstić information content (AvgIpc) is 3.23. The van der Waals surface area contributed by atoms with E-state index in [1.165, 1.54) is 24.5 Å². The Balaban J connectivity index is 1.72. The Hall–Kier alpha value is -3.24. The van der Waals surface area contributed by atoms with Crippen LogP contribution in [0.1, 0.15) is 42.7 Å². The zero-order chi connectivity index (χ0) is 23.6. The Labute approximate surface area is 193 Å². The summed E-state index contributed by atoms with van der Waals surface area (Å²) in [6, 6.07) is 5.01. The number of ether oxygens (including phenoxy) is 2. The van der Waals surface area contributed by atoms with E-state index in [0.717, 1.165) is 16.3 Å². The van der Waals surface area contributed by atoms with E-state index >= 15 is 0 Å². The number of hydrogen-bond donors (Lipinski definition) is 1. The number of pyridine rings is 1. The van der Waals surface area contributed by atoms with Gasteiger partial charge in [0.1, 0.15) is 5.00 Å². The van der Waals surface area contributed by atoms with E-state index in [9.17, 15) is 14.4 Å². The van der Waals surface area contributed by atoms with Gasteiger partial charge in [-0.2, -0.15) is 5.10 Å². The Morgan fingerprint density at radius 1 is 1.16 bits per heavy atom. The highest BCUT2D eigenvalue weighted by Crippen LogP contribution is 2.32. The summed E-state index contributed by atoms with van der Waals surface area (Å²) >= 11 is 7.35. The second kappa shape index (κ2) is 9.49. The van der Waals surface area contributed by atoms with Crippen LogP contribution >= 0.6 is 22.9 Å². The SMILES string of the molecule is COC(=O)c1c(NC(=O)COC(=O)c2nc(-n3nc(C)cc3C)ccc2Cl)sc(C)c1C. The van der Waals surface area contributed by atoms with Gasteiger partial charge in [-0.05, 0) is 51.5 Å². The number of rotatable bonds is 6. The van der Waals surface area contributed by atoms with Gasteiger partial charge in [-0.15, -0.1) is 11.3 Å². The number of halogens is 1. The summed E-state index contributed by atoms with van der Waals surface area (Å²) in [5.74, 6) is -1.64. The van der Waals surface area contributed by atoms with Crippen molar-refractivity contribution in [3.05, 3.63) is 56.3 Å². The molecule has 3 aromatic heterocycles. The van der Waals surface area contributed by atoms with Crippen LogP contribution in [0.5, 0.6) is 0 Å². The first-order valence-corrected chi connectivity index (χ1v) is 10.7. The molecule has 0 spiro atoms. The second-order valence-corrected chi connectivity index (χ2v) is 8.57. The molecule has 0 aromatic carbocycles.